The fourth-order valence-corrected chi connectivity index (χ4v) is 11.2. The van der Waals surface area contributed by atoms with E-state index < -0.39 is 51.3 Å². The number of hydrogen-bond acceptors (Lipinski definition) is 18. The molecule has 486 valence electrons. The summed E-state index contributed by atoms with van der Waals surface area (Å²) < 4.78 is 46.1. The van der Waals surface area contributed by atoms with E-state index in [9.17, 15) is 49.2 Å². The first kappa shape index (κ1) is 65.8. The summed E-state index contributed by atoms with van der Waals surface area (Å²) in [6.45, 7) is 10.1. The maximum absolute atomic E-state index is 15.4. The number of ether oxygens (including phenoxy) is 2. The molecule has 96 heavy (non-hydrogen) atoms. The minimum absolute atomic E-state index is 0.0859. The number of nitrogens with zero attached hydrogens (tertiary/aromatic N) is 12. The van der Waals surface area contributed by atoms with Crippen molar-refractivity contribution >= 4 is 62.7 Å². The number of rotatable bonds is 14. The van der Waals surface area contributed by atoms with Gasteiger partial charge in [0.05, 0.1) is 101 Å². The summed E-state index contributed by atoms with van der Waals surface area (Å²) >= 11 is 0. The van der Waals surface area contributed by atoms with Gasteiger partial charge in [-0.1, -0.05) is 24.3 Å². The van der Waals surface area contributed by atoms with Crippen molar-refractivity contribution in [3.63, 3.8) is 0 Å². The Morgan fingerprint density at radius 1 is 0.594 bits per heavy atom. The molecule has 0 atom stereocenters. The third kappa shape index (κ3) is 13.0. The number of benzene rings is 4. The molecular formula is C70H62F2N14O10. The van der Waals surface area contributed by atoms with Gasteiger partial charge in [-0.25, -0.2) is 28.1 Å². The van der Waals surface area contributed by atoms with Gasteiger partial charge in [0.2, 0.25) is 0 Å². The van der Waals surface area contributed by atoms with Crippen molar-refractivity contribution in [3.8, 4) is 46.0 Å². The van der Waals surface area contributed by atoms with Crippen LogP contribution in [0, 0.1) is 34.3 Å². The Morgan fingerprint density at radius 2 is 1.02 bits per heavy atom. The van der Waals surface area contributed by atoms with E-state index in [0.717, 1.165) is 9.36 Å². The monoisotopic (exact) mass is 1300 g/mol. The molecular weight excluding hydrogens is 1230 g/mol. The van der Waals surface area contributed by atoms with Crippen LogP contribution in [0.5, 0.6) is 0 Å². The van der Waals surface area contributed by atoms with Gasteiger partial charge in [-0.2, -0.15) is 20.7 Å². The maximum atomic E-state index is 15.4. The molecule has 0 radical (unpaired) electrons. The molecule has 24 nitrogen and oxygen atoms in total. The standard InChI is InChI=1S/C35H32FN7O5.C35H30FN7O5/c2*1-35(2,20-37)23-15-21-9-10-43(34(47)31(21)26(36)16-23)29-6-4-5-24(25(29)19-44)27-17-28(33(46)41(3)40-27)39-30-8-7-22(18-38-30)32(45)42-11-13-48-14-12-42/h4-10,15-18,44H,11-14,19H2,1-3H3,(H,38,39);4-10,15-19H,11-14H2,1-3H3,(H,38,39). The topological polar surface area (TPSA) is 308 Å². The van der Waals surface area contributed by atoms with Gasteiger partial charge >= 0.3 is 0 Å². The third-order valence-corrected chi connectivity index (χ3v) is 16.8. The molecule has 12 rings (SSSR count). The summed E-state index contributed by atoms with van der Waals surface area (Å²) in [5.41, 5.74) is -0.0615. The largest absolute Gasteiger partial charge is 0.392 e. The third-order valence-electron chi connectivity index (χ3n) is 16.8. The molecule has 2 saturated heterocycles. The molecule has 0 aliphatic carbocycles. The van der Waals surface area contributed by atoms with Crippen LogP contribution in [0.3, 0.4) is 0 Å². The molecule has 3 N–H and O–H groups in total. The number of nitrogens with one attached hydrogen (secondary N) is 2. The van der Waals surface area contributed by atoms with Gasteiger partial charge in [-0.3, -0.25) is 42.7 Å². The van der Waals surface area contributed by atoms with Crippen molar-refractivity contribution in [1.29, 1.82) is 10.5 Å². The van der Waals surface area contributed by atoms with Crippen LogP contribution in [0.4, 0.5) is 31.8 Å². The molecule has 4 aromatic carbocycles. The van der Waals surface area contributed by atoms with Crippen molar-refractivity contribution in [2.75, 3.05) is 63.2 Å². The number of nitriles is 2. The zero-order valence-corrected chi connectivity index (χ0v) is 52.9. The van der Waals surface area contributed by atoms with Crippen LogP contribution in [0.25, 0.3) is 55.4 Å². The number of carbonyl (C=O) groups excluding carboxylic acids is 3. The highest BCUT2D eigenvalue weighted by Crippen LogP contribution is 2.33. The second kappa shape index (κ2) is 27.1. The highest BCUT2D eigenvalue weighted by Gasteiger charge is 2.27. The van der Waals surface area contributed by atoms with Gasteiger partial charge < -0.3 is 35.0 Å². The van der Waals surface area contributed by atoms with Gasteiger partial charge in [-0.15, -0.1) is 0 Å². The van der Waals surface area contributed by atoms with Gasteiger partial charge in [0, 0.05) is 87.3 Å². The Balaban J connectivity index is 0.000000195. The molecule has 26 heteroatoms. The molecule has 2 aliphatic rings. The van der Waals surface area contributed by atoms with E-state index in [1.165, 1.54) is 72.3 Å². The molecule has 8 heterocycles. The van der Waals surface area contributed by atoms with E-state index in [1.54, 1.807) is 122 Å². The molecule has 2 aliphatic heterocycles. The zero-order valence-electron chi connectivity index (χ0n) is 52.9. The Hall–Kier alpha value is -11.7. The number of pyridine rings is 4. The number of amides is 2. The summed E-state index contributed by atoms with van der Waals surface area (Å²) in [6, 6.07) is 32.2. The lowest BCUT2D eigenvalue weighted by atomic mass is 9.85. The van der Waals surface area contributed by atoms with Crippen molar-refractivity contribution in [1.82, 2.24) is 48.5 Å². The van der Waals surface area contributed by atoms with Crippen LogP contribution in [0.1, 0.15) is 75.5 Å². The Labute approximate surface area is 546 Å². The van der Waals surface area contributed by atoms with E-state index in [4.69, 9.17) is 9.47 Å². The number of aliphatic hydroxyl groups excluding tert-OH is 1. The summed E-state index contributed by atoms with van der Waals surface area (Å²) in [6.07, 6.45) is 6.37. The highest BCUT2D eigenvalue weighted by atomic mass is 19.1. The lowest BCUT2D eigenvalue weighted by molar-refractivity contribution is 0.0301. The van der Waals surface area contributed by atoms with Crippen molar-refractivity contribution in [2.45, 2.75) is 45.1 Å². The van der Waals surface area contributed by atoms with E-state index >= 15 is 8.78 Å². The molecule has 2 fully saturated rings. The Kier molecular flexibility index (Phi) is 18.6. The van der Waals surface area contributed by atoms with Crippen molar-refractivity contribution < 1.29 is 37.7 Å². The molecule has 0 spiro atoms. The number of morpholine rings is 2. The SMILES string of the molecule is Cn1nc(-c2cccc(-n3ccc4cc(C(C)(C)C#N)cc(F)c4c3=O)c2C=O)cc(Nc2ccc(C(=O)N3CCOCC3)cn2)c1=O.Cn1nc(-c2cccc(-n3ccc4cc(C(C)(C)C#N)cc(F)c4c3=O)c2CO)cc(Nc2ccc(C(=O)N3CCOCC3)cn2)c1=O. The van der Waals surface area contributed by atoms with Crippen LogP contribution >= 0.6 is 0 Å². The molecule has 10 aromatic rings. The average molecular weight is 1300 g/mol. The van der Waals surface area contributed by atoms with Crippen molar-refractivity contribution in [3.05, 3.63) is 220 Å². The first-order valence-corrected chi connectivity index (χ1v) is 30.3. The number of hydrogen-bond donors (Lipinski definition) is 3. The van der Waals surface area contributed by atoms with Crippen LogP contribution in [-0.2, 0) is 41.0 Å². The second-order valence-corrected chi connectivity index (χ2v) is 23.8. The first-order chi connectivity index (χ1) is 46.0. The van der Waals surface area contributed by atoms with Gasteiger partial charge in [0.1, 0.15) is 34.6 Å². The lowest BCUT2D eigenvalue weighted by Crippen LogP contribution is -2.40. The minimum Gasteiger partial charge on any atom is -0.392 e. The Bertz CT molecular complexity index is 5100. The number of aldehydes is 1. The number of aryl methyl sites for hydroxylation is 2. The van der Waals surface area contributed by atoms with Gasteiger partial charge in [0.25, 0.3) is 34.1 Å². The molecule has 0 bridgehead atoms. The van der Waals surface area contributed by atoms with Crippen LogP contribution in [0.2, 0.25) is 0 Å². The average Bonchev–Trinajstić information content (AvgIpc) is 0.833. The number of carbonyl (C=O) groups is 3. The van der Waals surface area contributed by atoms with Gasteiger partial charge in [-0.05, 0) is 135 Å². The number of anilines is 4. The number of aliphatic hydroxyl groups is 1. The smallest absolute Gasteiger partial charge is 0.290 e. The maximum Gasteiger partial charge on any atom is 0.290 e. The normalized spacial score (nSPS) is 13.3. The predicted molar refractivity (Wildman–Crippen MR) is 353 cm³/mol. The van der Waals surface area contributed by atoms with E-state index in [0.29, 0.717) is 132 Å². The van der Waals surface area contributed by atoms with Crippen LogP contribution < -0.4 is 32.9 Å². The second-order valence-electron chi connectivity index (χ2n) is 23.8. The first-order valence-electron chi connectivity index (χ1n) is 30.3. The highest BCUT2D eigenvalue weighted by molar-refractivity contribution is 5.96. The van der Waals surface area contributed by atoms with Crippen molar-refractivity contribution in [2.24, 2.45) is 14.1 Å². The number of halogens is 2. The summed E-state index contributed by atoms with van der Waals surface area (Å²) in [7, 11) is 2.94. The quantitative estimate of drug-likeness (QED) is 0.0871. The summed E-state index contributed by atoms with van der Waals surface area (Å²) in [5.74, 6) is -1.23. The van der Waals surface area contributed by atoms with Crippen LogP contribution in [0.15, 0.2) is 153 Å². The van der Waals surface area contributed by atoms with Crippen LogP contribution in [-0.4, -0.2) is 124 Å². The summed E-state index contributed by atoms with van der Waals surface area (Å²) in [4.78, 5) is 104. The molecule has 2 amide bonds. The number of aromatic nitrogens is 8. The van der Waals surface area contributed by atoms with E-state index in [1.807, 2.05) is 0 Å². The lowest BCUT2D eigenvalue weighted by Gasteiger charge is -2.26. The minimum atomic E-state index is -0.971. The molecule has 0 unspecified atom stereocenters. The molecule has 0 saturated carbocycles. The zero-order chi connectivity index (χ0) is 68.3. The predicted octanol–water partition coefficient (Wildman–Crippen LogP) is 7.91. The Morgan fingerprint density at radius 3 is 1.44 bits per heavy atom. The number of fused-ring (bicyclic) bond motifs is 2. The fraction of sp³-hybridized carbons (Fsp3) is 0.243. The molecule has 6 aromatic heterocycles. The fourth-order valence-electron chi connectivity index (χ4n) is 11.2. The van der Waals surface area contributed by atoms with E-state index in [-0.39, 0.29) is 50.9 Å². The van der Waals surface area contributed by atoms with Gasteiger partial charge in [0.15, 0.2) is 6.29 Å². The summed E-state index contributed by atoms with van der Waals surface area (Å²) in [5, 5.41) is 44.6. The van der Waals surface area contributed by atoms with E-state index in [2.05, 4.69) is 42.9 Å².